The number of amides is 2. The Morgan fingerprint density at radius 1 is 1.00 bits per heavy atom. The van der Waals surface area contributed by atoms with E-state index in [0.29, 0.717) is 41.9 Å². The summed E-state index contributed by atoms with van der Waals surface area (Å²) in [5.41, 5.74) is 6.11. The molecule has 2 aromatic heterocycles. The first-order chi connectivity index (χ1) is 15.4. The smallest absolute Gasteiger partial charge is 0.305 e. The molecule has 0 fully saturated rings. The summed E-state index contributed by atoms with van der Waals surface area (Å²) in [6.45, 7) is 1.68. The van der Waals surface area contributed by atoms with Crippen molar-refractivity contribution >= 4 is 27.5 Å². The fourth-order valence-corrected chi connectivity index (χ4v) is 4.26. The molecule has 1 aliphatic rings. The number of nitrogens with zero attached hydrogens (tertiary/aromatic N) is 1. The topological polar surface area (TPSA) is 143 Å². The van der Waals surface area contributed by atoms with Gasteiger partial charge in [0.05, 0.1) is 16.9 Å². The molecule has 0 saturated heterocycles. The number of hydrogen-bond donors (Lipinski definition) is 3. The Morgan fingerprint density at radius 3 is 2.47 bits per heavy atom. The number of hydrazine groups is 1. The lowest BCUT2D eigenvalue weighted by molar-refractivity contribution is 0.0815. The molecule has 10 nitrogen and oxygen atoms in total. The van der Waals surface area contributed by atoms with Gasteiger partial charge in [0, 0.05) is 17.5 Å². The summed E-state index contributed by atoms with van der Waals surface area (Å²) in [7, 11) is -3.83. The van der Waals surface area contributed by atoms with E-state index in [4.69, 9.17) is 8.83 Å². The molecule has 166 valence electrons. The van der Waals surface area contributed by atoms with Crippen molar-refractivity contribution in [1.29, 1.82) is 0 Å². The number of fused-ring (bicyclic) bond motifs is 1. The number of nitrogens with one attached hydrogen (secondary N) is 3. The van der Waals surface area contributed by atoms with Crippen LogP contribution in [0.15, 0.2) is 67.6 Å². The Bertz CT molecular complexity index is 1280. The Hall–Kier alpha value is -3.86. The fourth-order valence-electron chi connectivity index (χ4n) is 3.40. The maximum Gasteiger partial charge on any atom is 0.305 e. The van der Waals surface area contributed by atoms with E-state index in [-0.39, 0.29) is 16.4 Å². The zero-order valence-corrected chi connectivity index (χ0v) is 17.9. The number of carbonyl (C=O) groups is 2. The van der Waals surface area contributed by atoms with Crippen molar-refractivity contribution in [3.63, 3.8) is 0 Å². The van der Waals surface area contributed by atoms with Crippen LogP contribution in [-0.4, -0.2) is 25.9 Å². The zero-order valence-electron chi connectivity index (χ0n) is 17.0. The molecule has 0 atom stereocenters. The monoisotopic (exact) mass is 456 g/mol. The fraction of sp³-hybridized carbons (Fsp3) is 0.190. The van der Waals surface area contributed by atoms with Crippen molar-refractivity contribution < 1.29 is 26.8 Å². The minimum Gasteiger partial charge on any atom is -0.459 e. The lowest BCUT2D eigenvalue weighted by atomic mass is 9.93. The first-order valence-corrected chi connectivity index (χ1v) is 11.3. The highest BCUT2D eigenvalue weighted by atomic mass is 32.2. The third-order valence-corrected chi connectivity index (χ3v) is 6.15. The van der Waals surface area contributed by atoms with Gasteiger partial charge in [-0.2, -0.15) is 18.4 Å². The van der Waals surface area contributed by atoms with Crippen molar-refractivity contribution in [3.05, 3.63) is 77.1 Å². The number of sulfonamides is 1. The molecule has 0 spiro atoms. The minimum atomic E-state index is -3.83. The predicted octanol–water partition coefficient (Wildman–Crippen LogP) is 2.27. The van der Waals surface area contributed by atoms with Crippen molar-refractivity contribution in [1.82, 2.24) is 15.7 Å². The highest BCUT2D eigenvalue weighted by Gasteiger charge is 2.28. The molecule has 2 amide bonds. The second-order valence-electron chi connectivity index (χ2n) is 7.06. The Kier molecular flexibility index (Phi) is 5.82. The number of aryl methyl sites for hydroxylation is 1. The molecular weight excluding hydrogens is 436 g/mol. The number of rotatable bonds is 5. The van der Waals surface area contributed by atoms with E-state index < -0.39 is 21.8 Å². The molecule has 2 heterocycles. The number of hydrazone groups is 1. The lowest BCUT2D eigenvalue weighted by Crippen LogP contribution is -2.41. The molecule has 11 heteroatoms. The highest BCUT2D eigenvalue weighted by Crippen LogP contribution is 2.30. The summed E-state index contributed by atoms with van der Waals surface area (Å²) in [5.74, 6) is -0.680. The third kappa shape index (κ3) is 4.28. The normalized spacial score (nSPS) is 14.6. The second kappa shape index (κ2) is 8.71. The van der Waals surface area contributed by atoms with Crippen molar-refractivity contribution in [2.45, 2.75) is 31.1 Å². The SMILES string of the molecule is Cc1c(C(=O)NNC(=O)c2ccco2)oc2c1/C(=N/NS(=O)(=O)c1ccccc1)CCC2. The van der Waals surface area contributed by atoms with Gasteiger partial charge in [0.25, 0.3) is 10.0 Å². The maximum absolute atomic E-state index is 12.6. The van der Waals surface area contributed by atoms with Crippen LogP contribution in [0.1, 0.15) is 50.8 Å². The first-order valence-electron chi connectivity index (χ1n) is 9.77. The molecule has 0 aliphatic heterocycles. The van der Waals surface area contributed by atoms with Gasteiger partial charge < -0.3 is 8.83 Å². The number of carbonyl (C=O) groups excluding carboxylic acids is 2. The van der Waals surface area contributed by atoms with E-state index in [1.54, 1.807) is 31.2 Å². The van der Waals surface area contributed by atoms with Crippen LogP contribution in [-0.2, 0) is 16.4 Å². The van der Waals surface area contributed by atoms with Gasteiger partial charge in [-0.25, -0.2) is 0 Å². The average Bonchev–Trinajstić information content (AvgIpc) is 3.45. The van der Waals surface area contributed by atoms with Crippen LogP contribution in [0.25, 0.3) is 0 Å². The largest absolute Gasteiger partial charge is 0.459 e. The van der Waals surface area contributed by atoms with E-state index >= 15 is 0 Å². The van der Waals surface area contributed by atoms with Gasteiger partial charge in [-0.15, -0.1) is 0 Å². The molecule has 3 N–H and O–H groups in total. The van der Waals surface area contributed by atoms with E-state index in [1.165, 1.54) is 24.5 Å². The van der Waals surface area contributed by atoms with Crippen molar-refractivity contribution in [2.24, 2.45) is 5.10 Å². The van der Waals surface area contributed by atoms with Crippen molar-refractivity contribution in [2.75, 3.05) is 0 Å². The third-order valence-electron chi connectivity index (χ3n) is 4.92. The van der Waals surface area contributed by atoms with E-state index in [0.717, 1.165) is 0 Å². The maximum atomic E-state index is 12.6. The molecule has 32 heavy (non-hydrogen) atoms. The van der Waals surface area contributed by atoms with Gasteiger partial charge in [0.1, 0.15) is 5.76 Å². The first kappa shape index (κ1) is 21.4. The quantitative estimate of drug-likeness (QED) is 0.503. The average molecular weight is 456 g/mol. The van der Waals surface area contributed by atoms with E-state index in [1.807, 2.05) is 0 Å². The summed E-state index contributed by atoms with van der Waals surface area (Å²) < 4.78 is 35.6. The Balaban J connectivity index is 1.53. The number of furan rings is 2. The lowest BCUT2D eigenvalue weighted by Gasteiger charge is -2.14. The highest BCUT2D eigenvalue weighted by molar-refractivity contribution is 7.89. The molecule has 0 saturated carbocycles. The van der Waals surface area contributed by atoms with Gasteiger partial charge >= 0.3 is 11.8 Å². The van der Waals surface area contributed by atoms with Crippen LogP contribution < -0.4 is 15.7 Å². The standard InChI is InChI=1S/C21H20N4O6S/c1-13-18-15(22-25-32(28,29)14-7-3-2-4-8-14)9-5-10-16(18)31-19(13)21(27)24-23-20(26)17-11-6-12-30-17/h2-4,6-8,11-12,25H,5,9-10H2,1H3,(H,23,26)(H,24,27)/b22-15+. The molecule has 1 aromatic carbocycles. The van der Waals surface area contributed by atoms with Gasteiger partial charge in [-0.1, -0.05) is 18.2 Å². The van der Waals surface area contributed by atoms with Gasteiger partial charge in [0.15, 0.2) is 11.5 Å². The number of hydrogen-bond acceptors (Lipinski definition) is 7. The van der Waals surface area contributed by atoms with Crippen LogP contribution >= 0.6 is 0 Å². The summed E-state index contributed by atoms with van der Waals surface area (Å²) in [6.07, 6.45) is 3.12. The molecule has 1 aliphatic carbocycles. The molecule has 0 unspecified atom stereocenters. The molecule has 4 rings (SSSR count). The Labute approximate surface area is 183 Å². The summed E-state index contributed by atoms with van der Waals surface area (Å²) >= 11 is 0. The zero-order chi connectivity index (χ0) is 22.7. The van der Waals surface area contributed by atoms with Gasteiger partial charge in [-0.05, 0) is 44.0 Å². The predicted molar refractivity (Wildman–Crippen MR) is 113 cm³/mol. The summed E-state index contributed by atoms with van der Waals surface area (Å²) in [5, 5.41) is 4.12. The van der Waals surface area contributed by atoms with Crippen LogP contribution in [0.3, 0.4) is 0 Å². The van der Waals surface area contributed by atoms with Crippen LogP contribution in [0.2, 0.25) is 0 Å². The molecule has 3 aromatic rings. The van der Waals surface area contributed by atoms with Crippen LogP contribution in [0.4, 0.5) is 0 Å². The molecule has 0 radical (unpaired) electrons. The van der Waals surface area contributed by atoms with Gasteiger partial charge in [0.2, 0.25) is 0 Å². The number of benzene rings is 1. The minimum absolute atomic E-state index is 0.00950. The second-order valence-corrected chi connectivity index (χ2v) is 8.72. The van der Waals surface area contributed by atoms with E-state index in [2.05, 4.69) is 20.8 Å². The molecular formula is C21H20N4O6S. The van der Waals surface area contributed by atoms with Gasteiger partial charge in [-0.3, -0.25) is 20.4 Å². The summed E-state index contributed by atoms with van der Waals surface area (Å²) in [4.78, 5) is 26.9. The van der Waals surface area contributed by atoms with Crippen molar-refractivity contribution in [3.8, 4) is 0 Å². The summed E-state index contributed by atoms with van der Waals surface area (Å²) in [6, 6.07) is 10.9. The van der Waals surface area contributed by atoms with Crippen LogP contribution in [0.5, 0.6) is 0 Å². The Morgan fingerprint density at radius 2 is 1.75 bits per heavy atom. The van der Waals surface area contributed by atoms with Crippen LogP contribution in [0, 0.1) is 6.92 Å². The molecule has 0 bridgehead atoms. The van der Waals surface area contributed by atoms with E-state index in [9.17, 15) is 18.0 Å².